The Hall–Kier alpha value is -6.88. The van der Waals surface area contributed by atoms with Crippen LogP contribution in [0.5, 0.6) is 0 Å². The van der Waals surface area contributed by atoms with Crippen LogP contribution in [0.1, 0.15) is 87.8 Å². The Balaban J connectivity index is 1.13. The lowest BCUT2D eigenvalue weighted by atomic mass is 9.58. The van der Waals surface area contributed by atoms with Gasteiger partial charge in [0, 0.05) is 64.5 Å². The average Bonchev–Trinajstić information content (AvgIpc) is 3.94. The minimum absolute atomic E-state index is 0.109. The average molecular weight is 906 g/mol. The third kappa shape index (κ3) is 5.91. The van der Waals surface area contributed by atoms with Crippen molar-refractivity contribution in [2.45, 2.75) is 84.5 Å². The molecule has 0 saturated carbocycles. The van der Waals surface area contributed by atoms with Crippen molar-refractivity contribution in [3.63, 3.8) is 0 Å². The predicted octanol–water partition coefficient (Wildman–Crippen LogP) is 16.6. The summed E-state index contributed by atoms with van der Waals surface area (Å²) in [6.07, 6.45) is 2.39. The molecule has 14 rings (SSSR count). The molecule has 2 aliphatic carbocycles. The lowest BCUT2D eigenvalue weighted by Gasteiger charge is -2.41. The minimum atomic E-state index is -0.136. The number of thiophene rings is 1. The molecule has 1 N–H and O–H groups in total. The van der Waals surface area contributed by atoms with Crippen LogP contribution in [-0.2, 0) is 16.2 Å². The van der Waals surface area contributed by atoms with Crippen LogP contribution < -0.4 is 16.2 Å². The normalized spacial score (nSPS) is 15.9. The second-order valence-electron chi connectivity index (χ2n) is 22.4. The summed E-state index contributed by atoms with van der Waals surface area (Å²) in [7, 11) is 2.50. The van der Waals surface area contributed by atoms with Crippen LogP contribution in [0.25, 0.3) is 91.8 Å². The smallest absolute Gasteiger partial charge is 0.197 e. The van der Waals surface area contributed by atoms with Crippen molar-refractivity contribution in [3.8, 4) is 39.1 Å². The summed E-state index contributed by atoms with van der Waals surface area (Å²) >= 11 is 1.94. The van der Waals surface area contributed by atoms with Gasteiger partial charge in [-0.3, -0.25) is 0 Å². The van der Waals surface area contributed by atoms with E-state index in [4.69, 9.17) is 0 Å². The minimum Gasteiger partial charge on any atom is -0.355 e. The van der Waals surface area contributed by atoms with Crippen molar-refractivity contribution in [1.82, 2.24) is 4.57 Å². The SMILES string of the molecule is Cc1ccc(Nc2cc3sc4cc5c(cc4c3cc2-c2cc(-c3ccc4c(c3)C(C)(C)c3ccccc3-4)c3c4cc6ccccc6cc4n4c3c2[B]c2cc(C)ccc2-4)C(C)(C)CCC5(C)C)cc1. The first-order valence-corrected chi connectivity index (χ1v) is 25.7. The molecule has 2 aromatic heterocycles. The quantitative estimate of drug-likeness (QED) is 0.174. The molecule has 4 heteroatoms. The van der Waals surface area contributed by atoms with Crippen LogP contribution >= 0.6 is 11.3 Å². The van der Waals surface area contributed by atoms with E-state index in [1.54, 1.807) is 0 Å². The maximum atomic E-state index is 4.02. The molecule has 1 aliphatic heterocycles. The van der Waals surface area contributed by atoms with Crippen LogP contribution in [0.4, 0.5) is 11.4 Å². The molecule has 0 spiro atoms. The highest BCUT2D eigenvalue weighted by Gasteiger charge is 2.39. The van der Waals surface area contributed by atoms with Gasteiger partial charge in [0.1, 0.15) is 0 Å². The highest BCUT2D eigenvalue weighted by molar-refractivity contribution is 7.25. The Kier molecular flexibility index (Phi) is 8.41. The van der Waals surface area contributed by atoms with E-state index in [0.717, 1.165) is 11.4 Å². The van der Waals surface area contributed by atoms with Crippen LogP contribution in [-0.4, -0.2) is 11.8 Å². The largest absolute Gasteiger partial charge is 0.355 e. The number of anilines is 2. The first-order valence-electron chi connectivity index (χ1n) is 24.9. The van der Waals surface area contributed by atoms with Gasteiger partial charge in [0.25, 0.3) is 0 Å². The van der Waals surface area contributed by atoms with E-state index in [1.807, 2.05) is 11.3 Å². The number of benzene rings is 9. The second-order valence-corrected chi connectivity index (χ2v) is 23.5. The lowest BCUT2D eigenvalue weighted by molar-refractivity contribution is 0.332. The molecule has 0 amide bonds. The topological polar surface area (TPSA) is 17.0 Å². The van der Waals surface area contributed by atoms with Gasteiger partial charge >= 0.3 is 0 Å². The fourth-order valence-electron chi connectivity index (χ4n) is 12.8. The summed E-state index contributed by atoms with van der Waals surface area (Å²) in [5, 5.41) is 11.8. The molecule has 1 radical (unpaired) electrons. The van der Waals surface area contributed by atoms with Gasteiger partial charge in [0.15, 0.2) is 7.28 Å². The van der Waals surface area contributed by atoms with E-state index < -0.39 is 0 Å². The van der Waals surface area contributed by atoms with Gasteiger partial charge in [-0.25, -0.2) is 0 Å². The fraction of sp³-hybridized carbons (Fsp3) is 0.200. The third-order valence-corrected chi connectivity index (χ3v) is 17.9. The van der Waals surface area contributed by atoms with Crippen LogP contribution in [0.3, 0.4) is 0 Å². The van der Waals surface area contributed by atoms with Crippen molar-refractivity contribution in [1.29, 1.82) is 0 Å². The Morgan fingerprint density at radius 2 is 1.20 bits per heavy atom. The zero-order valence-corrected chi connectivity index (χ0v) is 41.6. The number of nitrogens with zero attached hydrogens (tertiary/aromatic N) is 1. The van der Waals surface area contributed by atoms with Crippen molar-refractivity contribution in [2.75, 3.05) is 5.32 Å². The molecular formula is C65H54BN2S. The highest BCUT2D eigenvalue weighted by atomic mass is 32.1. The number of fused-ring (bicyclic) bond motifs is 13. The van der Waals surface area contributed by atoms with Gasteiger partial charge in [-0.05, 0) is 171 Å². The number of hydrogen-bond donors (Lipinski definition) is 1. The lowest BCUT2D eigenvalue weighted by Crippen LogP contribution is -2.37. The monoisotopic (exact) mass is 905 g/mol. The molecule has 2 nitrogen and oxygen atoms in total. The molecule has 0 fully saturated rings. The molecule has 333 valence electrons. The molecular weight excluding hydrogens is 852 g/mol. The number of aryl methyl sites for hydroxylation is 2. The van der Waals surface area contributed by atoms with E-state index in [2.05, 4.69) is 224 Å². The van der Waals surface area contributed by atoms with Crippen LogP contribution in [0.2, 0.25) is 0 Å². The van der Waals surface area contributed by atoms with Crippen LogP contribution in [0.15, 0.2) is 152 Å². The van der Waals surface area contributed by atoms with Crippen molar-refractivity contribution in [3.05, 3.63) is 185 Å². The number of hydrogen-bond acceptors (Lipinski definition) is 2. The number of rotatable bonds is 4. The summed E-state index contributed by atoms with van der Waals surface area (Å²) in [6.45, 7) is 19.0. The molecule has 69 heavy (non-hydrogen) atoms. The van der Waals surface area contributed by atoms with E-state index >= 15 is 0 Å². The summed E-state index contributed by atoms with van der Waals surface area (Å²) in [5.74, 6) is 0. The van der Waals surface area contributed by atoms with Crippen molar-refractivity contribution < 1.29 is 0 Å². The van der Waals surface area contributed by atoms with Gasteiger partial charge in [-0.2, -0.15) is 0 Å². The molecule has 0 bridgehead atoms. The fourth-order valence-corrected chi connectivity index (χ4v) is 13.9. The molecule has 0 saturated heterocycles. The number of nitrogens with one attached hydrogen (secondary N) is 1. The van der Waals surface area contributed by atoms with E-state index in [0.29, 0.717) is 0 Å². The van der Waals surface area contributed by atoms with E-state index in [9.17, 15) is 0 Å². The van der Waals surface area contributed by atoms with Gasteiger partial charge in [-0.15, -0.1) is 11.3 Å². The Labute approximate surface area is 409 Å². The van der Waals surface area contributed by atoms with Gasteiger partial charge in [0.2, 0.25) is 0 Å². The zero-order valence-electron chi connectivity index (χ0n) is 40.8. The van der Waals surface area contributed by atoms with Gasteiger partial charge in [-0.1, -0.05) is 143 Å². The highest BCUT2D eigenvalue weighted by Crippen LogP contribution is 2.53. The van der Waals surface area contributed by atoms with Crippen LogP contribution in [0, 0.1) is 13.8 Å². The summed E-state index contributed by atoms with van der Waals surface area (Å²) < 4.78 is 5.28. The molecule has 0 unspecified atom stereocenters. The second kappa shape index (κ2) is 14.1. The molecule has 0 atom stereocenters. The molecule has 3 aliphatic rings. The molecule has 11 aromatic rings. The Morgan fingerprint density at radius 3 is 2.00 bits per heavy atom. The maximum absolute atomic E-state index is 4.02. The Morgan fingerprint density at radius 1 is 0.522 bits per heavy atom. The first-order chi connectivity index (χ1) is 33.2. The van der Waals surface area contributed by atoms with E-state index in [-0.39, 0.29) is 16.2 Å². The predicted molar refractivity (Wildman–Crippen MR) is 299 cm³/mol. The van der Waals surface area contributed by atoms with Crippen molar-refractivity contribution in [2.24, 2.45) is 0 Å². The summed E-state index contributed by atoms with van der Waals surface area (Å²) in [4.78, 5) is 0. The zero-order chi connectivity index (χ0) is 46.9. The molecule has 3 heterocycles. The number of aromatic nitrogens is 1. The Bertz CT molecular complexity index is 4060. The van der Waals surface area contributed by atoms with Crippen molar-refractivity contribution >= 4 is 93.7 Å². The maximum Gasteiger partial charge on any atom is 0.197 e. The third-order valence-electron chi connectivity index (χ3n) is 16.8. The van der Waals surface area contributed by atoms with Gasteiger partial charge in [0.05, 0.1) is 5.52 Å². The standard InChI is InChI=1S/C65H54BN2S/c1-36-17-21-41(22-18-36)67-55-35-59-46(47-33-52-53(34-58(47)69-59)64(5,6)26-25-63(52,3)4)32-45(55)48-31-44(40-20-23-43-42-15-11-12-16-50(42)65(7,8)51(43)29-40)60-49-28-38-13-9-10-14-39(38)30-57(49)68-56-24-19-37(2)27-54(56)66-61(48)62(60)68/h9-24,27-35,67H,25-26H2,1-8H3. The summed E-state index contributed by atoms with van der Waals surface area (Å²) in [6, 6.07) is 58.7. The first kappa shape index (κ1) is 41.1. The van der Waals surface area contributed by atoms with E-state index in [1.165, 1.54) is 149 Å². The summed E-state index contributed by atoms with van der Waals surface area (Å²) in [5.41, 5.74) is 24.5. The van der Waals surface area contributed by atoms with Gasteiger partial charge < -0.3 is 9.88 Å². The molecule has 9 aromatic carbocycles.